The van der Waals surface area contributed by atoms with Gasteiger partial charge in [-0.25, -0.2) is 8.42 Å². The highest BCUT2D eigenvalue weighted by Gasteiger charge is 2.29. The van der Waals surface area contributed by atoms with E-state index in [4.69, 9.17) is 5.73 Å². The van der Waals surface area contributed by atoms with E-state index in [1.54, 1.807) is 24.3 Å². The van der Waals surface area contributed by atoms with E-state index in [-0.39, 0.29) is 5.75 Å². The maximum atomic E-state index is 11.6. The van der Waals surface area contributed by atoms with Crippen molar-refractivity contribution in [3.8, 4) is 0 Å². The summed E-state index contributed by atoms with van der Waals surface area (Å²) in [6, 6.07) is 7.03. The van der Waals surface area contributed by atoms with Crippen molar-refractivity contribution in [1.82, 2.24) is 0 Å². The lowest BCUT2D eigenvalue weighted by atomic mass is 10.2. The average molecular weight is 212 g/mol. The van der Waals surface area contributed by atoms with Crippen LogP contribution in [0.5, 0.6) is 0 Å². The summed E-state index contributed by atoms with van der Waals surface area (Å²) < 4.78 is 24.6. The highest BCUT2D eigenvalue weighted by atomic mass is 32.2. The molecule has 1 saturated heterocycles. The number of nitrogen functional groups attached to an aromatic ring is 1. The second-order valence-electron chi connectivity index (χ2n) is 3.30. The first-order valence-electron chi connectivity index (χ1n) is 4.46. The van der Waals surface area contributed by atoms with Gasteiger partial charge in [-0.05, 0) is 18.6 Å². The lowest BCUT2D eigenvalue weighted by molar-refractivity contribution is 0.599. The van der Waals surface area contributed by atoms with Crippen LogP contribution in [-0.2, 0) is 10.0 Å². The van der Waals surface area contributed by atoms with Gasteiger partial charge in [-0.2, -0.15) is 0 Å². The number of sulfonamides is 1. The summed E-state index contributed by atoms with van der Waals surface area (Å²) >= 11 is 0. The van der Waals surface area contributed by atoms with Crippen molar-refractivity contribution in [3.63, 3.8) is 0 Å². The zero-order chi connectivity index (χ0) is 10.2. The smallest absolute Gasteiger partial charge is 0.235 e. The highest BCUT2D eigenvalue weighted by molar-refractivity contribution is 7.93. The Labute approximate surface area is 83.4 Å². The maximum Gasteiger partial charge on any atom is 0.235 e. The number of nitrogens with zero attached hydrogens (tertiary/aromatic N) is 1. The first-order chi connectivity index (χ1) is 6.61. The Morgan fingerprint density at radius 3 is 2.57 bits per heavy atom. The van der Waals surface area contributed by atoms with E-state index in [2.05, 4.69) is 0 Å². The van der Waals surface area contributed by atoms with Crippen molar-refractivity contribution in [1.29, 1.82) is 0 Å². The molecule has 4 nitrogen and oxygen atoms in total. The molecule has 2 rings (SSSR count). The molecule has 0 saturated carbocycles. The zero-order valence-corrected chi connectivity index (χ0v) is 8.50. The van der Waals surface area contributed by atoms with Gasteiger partial charge in [0.1, 0.15) is 0 Å². The van der Waals surface area contributed by atoms with Gasteiger partial charge in [-0.15, -0.1) is 0 Å². The molecule has 0 amide bonds. The Hall–Kier alpha value is -1.23. The standard InChI is InChI=1S/C9H12N2O2S/c10-8-4-1-2-5-9(8)11-6-3-7-14(11,12)13/h1-2,4-5H,3,6-7,10H2. The second kappa shape index (κ2) is 3.16. The predicted molar refractivity (Wildman–Crippen MR) is 56.6 cm³/mol. The summed E-state index contributed by atoms with van der Waals surface area (Å²) in [5.74, 6) is 0.224. The van der Waals surface area contributed by atoms with Crippen LogP contribution in [0, 0.1) is 0 Å². The van der Waals surface area contributed by atoms with Crippen LogP contribution in [0.2, 0.25) is 0 Å². The van der Waals surface area contributed by atoms with Crippen LogP contribution in [0.4, 0.5) is 11.4 Å². The lowest BCUT2D eigenvalue weighted by Crippen LogP contribution is -2.25. The number of benzene rings is 1. The Kier molecular flexibility index (Phi) is 2.11. The largest absolute Gasteiger partial charge is 0.397 e. The molecular formula is C9H12N2O2S. The molecule has 1 fully saturated rings. The van der Waals surface area contributed by atoms with E-state index in [0.717, 1.165) is 0 Å². The molecule has 1 heterocycles. The van der Waals surface area contributed by atoms with Gasteiger partial charge in [0.05, 0.1) is 17.1 Å². The summed E-state index contributed by atoms with van der Waals surface area (Å²) in [5.41, 5.74) is 6.83. The van der Waals surface area contributed by atoms with Gasteiger partial charge < -0.3 is 5.73 Å². The van der Waals surface area contributed by atoms with Gasteiger partial charge in [-0.1, -0.05) is 12.1 Å². The summed E-state index contributed by atoms with van der Waals surface area (Å²) in [6.07, 6.45) is 0.677. The molecular weight excluding hydrogens is 200 g/mol. The summed E-state index contributed by atoms with van der Waals surface area (Å²) in [7, 11) is -3.11. The fourth-order valence-corrected chi connectivity index (χ4v) is 3.21. The fourth-order valence-electron chi connectivity index (χ4n) is 1.62. The van der Waals surface area contributed by atoms with Crippen LogP contribution < -0.4 is 10.0 Å². The molecule has 0 aromatic heterocycles. The number of hydrogen-bond donors (Lipinski definition) is 1. The number of anilines is 2. The Morgan fingerprint density at radius 2 is 2.00 bits per heavy atom. The minimum Gasteiger partial charge on any atom is -0.397 e. The molecule has 1 aliphatic heterocycles. The molecule has 0 atom stereocenters. The van der Waals surface area contributed by atoms with E-state index in [1.165, 1.54) is 4.31 Å². The molecule has 0 unspecified atom stereocenters. The van der Waals surface area contributed by atoms with Crippen LogP contribution in [0.25, 0.3) is 0 Å². The van der Waals surface area contributed by atoms with E-state index < -0.39 is 10.0 Å². The predicted octanol–water partition coefficient (Wildman–Crippen LogP) is 0.809. The normalized spacial score (nSPS) is 19.9. The summed E-state index contributed by atoms with van der Waals surface area (Å²) in [5, 5.41) is 0. The molecule has 76 valence electrons. The molecule has 0 spiro atoms. The molecule has 0 radical (unpaired) electrons. The van der Waals surface area contributed by atoms with Gasteiger partial charge in [0, 0.05) is 6.54 Å². The quantitative estimate of drug-likeness (QED) is 0.701. The number of hydrogen-bond acceptors (Lipinski definition) is 3. The van der Waals surface area contributed by atoms with Gasteiger partial charge in [0.15, 0.2) is 0 Å². The summed E-state index contributed by atoms with van der Waals surface area (Å²) in [6.45, 7) is 0.538. The number of para-hydroxylation sites is 2. The lowest BCUT2D eigenvalue weighted by Gasteiger charge is -2.18. The van der Waals surface area contributed by atoms with Crippen LogP contribution in [0.1, 0.15) is 6.42 Å². The van der Waals surface area contributed by atoms with Gasteiger partial charge in [0.25, 0.3) is 0 Å². The third-order valence-electron chi connectivity index (χ3n) is 2.30. The van der Waals surface area contributed by atoms with Gasteiger partial charge >= 0.3 is 0 Å². The average Bonchev–Trinajstić information content (AvgIpc) is 2.46. The molecule has 1 aromatic carbocycles. The van der Waals surface area contributed by atoms with Crippen LogP contribution in [-0.4, -0.2) is 20.7 Å². The van der Waals surface area contributed by atoms with Crippen molar-refractivity contribution in [2.75, 3.05) is 22.3 Å². The second-order valence-corrected chi connectivity index (χ2v) is 5.31. The zero-order valence-electron chi connectivity index (χ0n) is 7.68. The Bertz CT molecular complexity index is 442. The first kappa shape index (κ1) is 9.33. The van der Waals surface area contributed by atoms with E-state index in [9.17, 15) is 8.42 Å². The Morgan fingerprint density at radius 1 is 1.29 bits per heavy atom. The minimum atomic E-state index is -3.11. The van der Waals surface area contributed by atoms with Crippen molar-refractivity contribution < 1.29 is 8.42 Å². The molecule has 0 aliphatic carbocycles. The molecule has 2 N–H and O–H groups in total. The van der Waals surface area contributed by atoms with E-state index >= 15 is 0 Å². The van der Waals surface area contributed by atoms with Gasteiger partial charge in [-0.3, -0.25) is 4.31 Å². The molecule has 1 aliphatic rings. The van der Waals surface area contributed by atoms with Crippen molar-refractivity contribution in [3.05, 3.63) is 24.3 Å². The van der Waals surface area contributed by atoms with Gasteiger partial charge in [0.2, 0.25) is 10.0 Å². The minimum absolute atomic E-state index is 0.224. The maximum absolute atomic E-state index is 11.6. The SMILES string of the molecule is Nc1ccccc1N1CCCS1(=O)=O. The van der Waals surface area contributed by atoms with Crippen molar-refractivity contribution in [2.45, 2.75) is 6.42 Å². The summed E-state index contributed by atoms with van der Waals surface area (Å²) in [4.78, 5) is 0. The molecule has 1 aromatic rings. The van der Waals surface area contributed by atoms with E-state index in [0.29, 0.717) is 24.3 Å². The van der Waals surface area contributed by atoms with Crippen LogP contribution >= 0.6 is 0 Å². The molecule has 14 heavy (non-hydrogen) atoms. The van der Waals surface area contributed by atoms with E-state index in [1.807, 2.05) is 0 Å². The van der Waals surface area contributed by atoms with Crippen LogP contribution in [0.15, 0.2) is 24.3 Å². The number of rotatable bonds is 1. The third-order valence-corrected chi connectivity index (χ3v) is 4.16. The first-order valence-corrected chi connectivity index (χ1v) is 6.07. The number of nitrogens with two attached hydrogens (primary N) is 1. The topological polar surface area (TPSA) is 63.4 Å². The fraction of sp³-hybridized carbons (Fsp3) is 0.333. The Balaban J connectivity index is 2.46. The molecule has 0 bridgehead atoms. The third kappa shape index (κ3) is 1.43. The van der Waals surface area contributed by atoms with Crippen molar-refractivity contribution >= 4 is 21.4 Å². The monoisotopic (exact) mass is 212 g/mol. The molecule has 5 heteroatoms. The van der Waals surface area contributed by atoms with Crippen LogP contribution in [0.3, 0.4) is 0 Å². The highest BCUT2D eigenvalue weighted by Crippen LogP contribution is 2.28. The van der Waals surface area contributed by atoms with Crippen molar-refractivity contribution in [2.24, 2.45) is 0 Å².